The van der Waals surface area contributed by atoms with Gasteiger partial charge in [-0.3, -0.25) is 4.79 Å². The number of benzene rings is 1. The number of rotatable bonds is 5. The highest BCUT2D eigenvalue weighted by molar-refractivity contribution is 5.98. The van der Waals surface area contributed by atoms with E-state index in [1.165, 1.54) is 18.2 Å². The molecule has 2 aliphatic rings. The maximum absolute atomic E-state index is 14.2. The van der Waals surface area contributed by atoms with Gasteiger partial charge in [0.25, 0.3) is 0 Å². The Morgan fingerprint density at radius 2 is 1.88 bits per heavy atom. The zero-order valence-corrected chi connectivity index (χ0v) is 18.5. The van der Waals surface area contributed by atoms with Crippen LogP contribution in [-0.4, -0.2) is 36.0 Å². The lowest BCUT2D eigenvalue weighted by atomic mass is 9.85. The summed E-state index contributed by atoms with van der Waals surface area (Å²) in [5.41, 5.74) is 6.82. The van der Waals surface area contributed by atoms with Crippen molar-refractivity contribution in [3.8, 4) is 6.07 Å². The Labute approximate surface area is 191 Å². The van der Waals surface area contributed by atoms with Crippen LogP contribution in [-0.2, 0) is 4.79 Å². The van der Waals surface area contributed by atoms with Crippen molar-refractivity contribution in [3.05, 3.63) is 53.0 Å². The van der Waals surface area contributed by atoms with Gasteiger partial charge in [-0.15, -0.1) is 0 Å². The summed E-state index contributed by atoms with van der Waals surface area (Å²) in [7, 11) is 0. The van der Waals surface area contributed by atoms with Gasteiger partial charge in [-0.05, 0) is 67.4 Å². The van der Waals surface area contributed by atoms with Crippen molar-refractivity contribution in [1.29, 1.82) is 5.26 Å². The van der Waals surface area contributed by atoms with E-state index in [2.05, 4.69) is 0 Å². The molecule has 0 radical (unpaired) electrons. The highest BCUT2D eigenvalue weighted by atomic mass is 19.4. The van der Waals surface area contributed by atoms with E-state index < -0.39 is 18.5 Å². The lowest BCUT2D eigenvalue weighted by Gasteiger charge is -2.28. The van der Waals surface area contributed by atoms with Crippen LogP contribution < -0.4 is 5.73 Å². The molecule has 2 N–H and O–H groups in total. The number of halogens is 4. The number of alkyl halides is 3. The second-order valence-electron chi connectivity index (χ2n) is 8.94. The summed E-state index contributed by atoms with van der Waals surface area (Å²) in [6.07, 6.45) is 4.41. The Morgan fingerprint density at radius 3 is 2.48 bits per heavy atom. The van der Waals surface area contributed by atoms with Crippen LogP contribution in [0.1, 0.15) is 62.5 Å². The minimum absolute atomic E-state index is 0.0135. The molecule has 0 aromatic heterocycles. The smallest absolute Gasteiger partial charge is 0.359 e. The van der Waals surface area contributed by atoms with E-state index in [0.29, 0.717) is 11.1 Å². The normalized spacial score (nSPS) is 22.4. The van der Waals surface area contributed by atoms with E-state index in [0.717, 1.165) is 43.4 Å². The van der Waals surface area contributed by atoms with Gasteiger partial charge >= 0.3 is 6.18 Å². The SMILES string of the molecule is N#Cc1ccc(C2=CCCN(CC(F)(F)F)C(C(=O)CC3CCCC(N)CCC3)=C2)cc1F. The van der Waals surface area contributed by atoms with Crippen molar-refractivity contribution in [1.82, 2.24) is 4.90 Å². The fraction of sp³-hybridized carbons (Fsp3) is 0.520. The molecule has 33 heavy (non-hydrogen) atoms. The Morgan fingerprint density at radius 1 is 1.18 bits per heavy atom. The first kappa shape index (κ1) is 25.0. The predicted molar refractivity (Wildman–Crippen MR) is 118 cm³/mol. The Balaban J connectivity index is 1.87. The highest BCUT2D eigenvalue weighted by Gasteiger charge is 2.34. The van der Waals surface area contributed by atoms with Crippen LogP contribution in [0.5, 0.6) is 0 Å². The summed E-state index contributed by atoms with van der Waals surface area (Å²) in [6, 6.07) is 5.98. The molecular formula is C25H29F4N3O. The van der Waals surface area contributed by atoms with Crippen LogP contribution in [0.2, 0.25) is 0 Å². The van der Waals surface area contributed by atoms with Crippen LogP contribution >= 0.6 is 0 Å². The molecule has 1 saturated carbocycles. The molecule has 0 unspecified atom stereocenters. The van der Waals surface area contributed by atoms with E-state index in [-0.39, 0.29) is 48.4 Å². The third-order valence-corrected chi connectivity index (χ3v) is 6.32. The molecule has 1 heterocycles. The molecule has 0 saturated heterocycles. The summed E-state index contributed by atoms with van der Waals surface area (Å²) in [4.78, 5) is 14.4. The molecule has 8 heteroatoms. The van der Waals surface area contributed by atoms with Crippen molar-refractivity contribution in [2.24, 2.45) is 11.7 Å². The fourth-order valence-corrected chi connectivity index (χ4v) is 4.61. The molecule has 0 atom stereocenters. The number of nitrogens with zero attached hydrogens (tertiary/aromatic N) is 2. The van der Waals surface area contributed by atoms with Gasteiger partial charge in [0.15, 0.2) is 5.78 Å². The first-order valence-electron chi connectivity index (χ1n) is 11.4. The number of hydrogen-bond acceptors (Lipinski definition) is 4. The van der Waals surface area contributed by atoms with E-state index in [9.17, 15) is 22.4 Å². The Hall–Kier alpha value is -2.66. The topological polar surface area (TPSA) is 70.1 Å². The molecule has 1 aromatic carbocycles. The van der Waals surface area contributed by atoms with Crippen molar-refractivity contribution < 1.29 is 22.4 Å². The number of hydrogen-bond donors (Lipinski definition) is 1. The molecule has 0 amide bonds. The second kappa shape index (κ2) is 11.0. The van der Waals surface area contributed by atoms with Gasteiger partial charge in [-0.25, -0.2) is 4.39 Å². The number of nitriles is 1. The van der Waals surface area contributed by atoms with Crippen LogP contribution in [0.25, 0.3) is 5.57 Å². The molecular weight excluding hydrogens is 434 g/mol. The van der Waals surface area contributed by atoms with Crippen molar-refractivity contribution in [2.45, 2.75) is 63.6 Å². The van der Waals surface area contributed by atoms with Crippen LogP contribution in [0.15, 0.2) is 36.0 Å². The summed E-state index contributed by atoms with van der Waals surface area (Å²) >= 11 is 0. The third kappa shape index (κ3) is 7.16. The van der Waals surface area contributed by atoms with Gasteiger partial charge in [0.05, 0.1) is 11.3 Å². The lowest BCUT2D eigenvalue weighted by Crippen LogP contribution is -2.37. The number of carbonyl (C=O) groups is 1. The minimum Gasteiger partial charge on any atom is -0.359 e. The largest absolute Gasteiger partial charge is 0.405 e. The first-order valence-corrected chi connectivity index (χ1v) is 11.4. The molecule has 0 bridgehead atoms. The fourth-order valence-electron chi connectivity index (χ4n) is 4.61. The van der Waals surface area contributed by atoms with Gasteiger partial charge in [0.1, 0.15) is 18.4 Å². The van der Waals surface area contributed by atoms with Gasteiger partial charge in [0, 0.05) is 19.0 Å². The van der Waals surface area contributed by atoms with E-state index in [1.54, 1.807) is 18.2 Å². The van der Waals surface area contributed by atoms with Crippen molar-refractivity contribution in [2.75, 3.05) is 13.1 Å². The van der Waals surface area contributed by atoms with Gasteiger partial charge in [0.2, 0.25) is 0 Å². The van der Waals surface area contributed by atoms with Crippen LogP contribution in [0, 0.1) is 23.1 Å². The number of carbonyl (C=O) groups excluding carboxylic acids is 1. The Kier molecular flexibility index (Phi) is 8.30. The lowest BCUT2D eigenvalue weighted by molar-refractivity contribution is -0.143. The average molecular weight is 464 g/mol. The maximum atomic E-state index is 14.2. The quantitative estimate of drug-likeness (QED) is 0.587. The average Bonchev–Trinajstić information content (AvgIpc) is 2.93. The van der Waals surface area contributed by atoms with Crippen LogP contribution in [0.3, 0.4) is 0 Å². The number of Topliss-reactive ketones (excluding diaryl/α,β-unsaturated/α-hetero) is 1. The molecule has 1 aromatic rings. The zero-order chi connectivity index (χ0) is 24.0. The summed E-state index contributed by atoms with van der Waals surface area (Å²) in [6.45, 7) is -1.17. The monoisotopic (exact) mass is 463 g/mol. The third-order valence-electron chi connectivity index (χ3n) is 6.32. The van der Waals surface area contributed by atoms with E-state index in [4.69, 9.17) is 11.0 Å². The van der Waals surface area contributed by atoms with Gasteiger partial charge in [-0.2, -0.15) is 18.4 Å². The minimum atomic E-state index is -4.46. The molecule has 1 fully saturated rings. The molecule has 1 aliphatic heterocycles. The standard InChI is InChI=1S/C25H29F4N3O/c26-22-13-19(9-10-20(22)15-30)18-6-3-11-32(16-25(27,28)29)23(14-18)24(33)12-17-4-1-7-21(31)8-2-5-17/h6,9-10,13-14,17,21H,1-5,7-8,11-12,16,31H2. The van der Waals surface area contributed by atoms with Crippen LogP contribution in [0.4, 0.5) is 17.6 Å². The van der Waals surface area contributed by atoms with Gasteiger partial charge < -0.3 is 10.6 Å². The summed E-state index contributed by atoms with van der Waals surface area (Å²) < 4.78 is 54.0. The number of allylic oxidation sites excluding steroid dienone is 3. The second-order valence-corrected chi connectivity index (χ2v) is 8.94. The molecule has 3 rings (SSSR count). The van der Waals surface area contributed by atoms with E-state index >= 15 is 0 Å². The summed E-state index contributed by atoms with van der Waals surface area (Å²) in [5, 5.41) is 8.95. The van der Waals surface area contributed by atoms with Gasteiger partial charge in [-0.1, -0.05) is 25.0 Å². The molecule has 4 nitrogen and oxygen atoms in total. The maximum Gasteiger partial charge on any atom is 0.405 e. The molecule has 178 valence electrons. The first-order chi connectivity index (χ1) is 15.7. The summed E-state index contributed by atoms with van der Waals surface area (Å²) in [5.74, 6) is -0.918. The molecule has 1 aliphatic carbocycles. The number of ketones is 1. The van der Waals surface area contributed by atoms with E-state index in [1.807, 2.05) is 0 Å². The number of nitrogens with two attached hydrogens (primary N) is 1. The predicted octanol–water partition coefficient (Wildman–Crippen LogP) is 5.49. The zero-order valence-electron chi connectivity index (χ0n) is 18.5. The Bertz CT molecular complexity index is 951. The van der Waals surface area contributed by atoms with Crippen molar-refractivity contribution in [3.63, 3.8) is 0 Å². The highest BCUT2D eigenvalue weighted by Crippen LogP contribution is 2.31. The molecule has 0 spiro atoms. The van der Waals surface area contributed by atoms with Crippen molar-refractivity contribution >= 4 is 11.4 Å².